The molecule has 3 heterocycles. The van der Waals surface area contributed by atoms with Crippen LogP contribution in [-0.2, 0) is 0 Å². The maximum Gasteiger partial charge on any atom is 0.230 e. The lowest BCUT2D eigenvalue weighted by molar-refractivity contribution is 0.211. The summed E-state index contributed by atoms with van der Waals surface area (Å²) in [6.07, 6.45) is 1.46. The number of piperazine rings is 1. The molecule has 1 fully saturated rings. The first-order chi connectivity index (χ1) is 15.1. The molecule has 0 aliphatic carbocycles. The molecule has 2 aromatic heterocycles. The molecule has 0 unspecified atom stereocenters. The van der Waals surface area contributed by atoms with Crippen molar-refractivity contribution < 1.29 is 9.84 Å². The lowest BCUT2D eigenvalue weighted by Crippen LogP contribution is -2.47. The molecule has 1 saturated heterocycles. The molecular weight excluding hydrogens is 434 g/mol. The molecule has 1 aliphatic heterocycles. The summed E-state index contributed by atoms with van der Waals surface area (Å²) in [7, 11) is 1.66. The SMILES string of the molecule is COc1ccc([C@@H](c2sc3ncnn3c2O)N2CCN(c3cccc(Cl)c3)CC2)cc1. The summed E-state index contributed by atoms with van der Waals surface area (Å²) in [5, 5.41) is 15.8. The number of anilines is 1. The van der Waals surface area contributed by atoms with E-state index in [4.69, 9.17) is 16.3 Å². The van der Waals surface area contributed by atoms with Crippen molar-refractivity contribution in [2.75, 3.05) is 38.2 Å². The molecule has 0 amide bonds. The Hall–Kier alpha value is -2.81. The summed E-state index contributed by atoms with van der Waals surface area (Å²) < 4.78 is 6.83. The zero-order valence-electron chi connectivity index (χ0n) is 17.0. The van der Waals surface area contributed by atoms with E-state index in [1.54, 1.807) is 7.11 Å². The standard InChI is InChI=1S/C22H22ClN5O2S/c1-30-18-7-5-15(6-8-18)19(20-21(29)28-22(31-20)24-14-25-28)27-11-9-26(10-12-27)17-4-2-3-16(23)13-17/h2-8,13-14,19,29H,9-12H2,1H3/t19-/m0/s1. The van der Waals surface area contributed by atoms with Crippen molar-refractivity contribution >= 4 is 33.6 Å². The molecule has 31 heavy (non-hydrogen) atoms. The number of rotatable bonds is 5. The number of benzene rings is 2. The van der Waals surface area contributed by atoms with Crippen LogP contribution in [0.2, 0.25) is 5.02 Å². The molecule has 160 valence electrons. The number of thiazole rings is 1. The summed E-state index contributed by atoms with van der Waals surface area (Å²) >= 11 is 7.66. The Balaban J connectivity index is 1.46. The van der Waals surface area contributed by atoms with Crippen molar-refractivity contribution in [1.29, 1.82) is 0 Å². The molecule has 2 aromatic carbocycles. The smallest absolute Gasteiger partial charge is 0.230 e. The number of aromatic nitrogens is 3. The van der Waals surface area contributed by atoms with Gasteiger partial charge in [0.25, 0.3) is 0 Å². The third kappa shape index (κ3) is 3.82. The van der Waals surface area contributed by atoms with Gasteiger partial charge < -0.3 is 14.7 Å². The fourth-order valence-electron chi connectivity index (χ4n) is 4.10. The summed E-state index contributed by atoms with van der Waals surface area (Å²) in [5.74, 6) is 0.954. The number of hydrogen-bond donors (Lipinski definition) is 1. The Labute approximate surface area is 189 Å². The molecule has 1 N–H and O–H groups in total. The lowest BCUT2D eigenvalue weighted by Gasteiger charge is -2.40. The van der Waals surface area contributed by atoms with Gasteiger partial charge >= 0.3 is 0 Å². The summed E-state index contributed by atoms with van der Waals surface area (Å²) in [5.41, 5.74) is 2.23. The van der Waals surface area contributed by atoms with Crippen LogP contribution in [0.4, 0.5) is 5.69 Å². The quantitative estimate of drug-likeness (QED) is 0.489. The van der Waals surface area contributed by atoms with Crippen LogP contribution in [0.1, 0.15) is 16.5 Å². The lowest BCUT2D eigenvalue weighted by atomic mass is 10.0. The Morgan fingerprint density at radius 2 is 1.87 bits per heavy atom. The van der Waals surface area contributed by atoms with Crippen molar-refractivity contribution in [3.05, 3.63) is 70.3 Å². The maximum absolute atomic E-state index is 10.9. The van der Waals surface area contributed by atoms with Gasteiger partial charge in [0.05, 0.1) is 18.0 Å². The van der Waals surface area contributed by atoms with Gasteiger partial charge in [0, 0.05) is 36.9 Å². The largest absolute Gasteiger partial charge is 0.497 e. The molecule has 5 rings (SSSR count). The molecule has 9 heteroatoms. The van der Waals surface area contributed by atoms with E-state index in [1.165, 1.54) is 22.2 Å². The van der Waals surface area contributed by atoms with E-state index in [1.807, 2.05) is 30.3 Å². The van der Waals surface area contributed by atoms with Crippen LogP contribution < -0.4 is 9.64 Å². The van der Waals surface area contributed by atoms with Crippen molar-refractivity contribution in [3.8, 4) is 11.6 Å². The minimum absolute atomic E-state index is 0.0964. The fourth-order valence-corrected chi connectivity index (χ4v) is 5.37. The van der Waals surface area contributed by atoms with E-state index in [2.05, 4.69) is 38.1 Å². The molecule has 7 nitrogen and oxygen atoms in total. The highest BCUT2D eigenvalue weighted by Gasteiger charge is 2.31. The van der Waals surface area contributed by atoms with Gasteiger partial charge in [-0.2, -0.15) is 9.61 Å². The normalized spacial score (nSPS) is 16.0. The van der Waals surface area contributed by atoms with Gasteiger partial charge in [0.15, 0.2) is 0 Å². The van der Waals surface area contributed by atoms with Gasteiger partial charge in [0.1, 0.15) is 12.1 Å². The molecule has 1 aliphatic rings. The summed E-state index contributed by atoms with van der Waals surface area (Å²) in [4.78, 5) is 10.5. The number of halogens is 1. The van der Waals surface area contributed by atoms with Gasteiger partial charge in [-0.15, -0.1) is 0 Å². The van der Waals surface area contributed by atoms with Crippen molar-refractivity contribution in [2.24, 2.45) is 0 Å². The monoisotopic (exact) mass is 455 g/mol. The molecule has 0 spiro atoms. The second-order valence-electron chi connectivity index (χ2n) is 7.42. The van der Waals surface area contributed by atoms with Crippen LogP contribution in [0.5, 0.6) is 11.6 Å². The summed E-state index contributed by atoms with van der Waals surface area (Å²) in [6, 6.07) is 15.9. The Morgan fingerprint density at radius 1 is 1.10 bits per heavy atom. The van der Waals surface area contributed by atoms with Gasteiger partial charge in [0.2, 0.25) is 10.8 Å². The van der Waals surface area contributed by atoms with Crippen LogP contribution in [0, 0.1) is 0 Å². The van der Waals surface area contributed by atoms with Crippen LogP contribution in [0.15, 0.2) is 54.9 Å². The number of hydrogen-bond acceptors (Lipinski definition) is 7. The number of methoxy groups -OCH3 is 1. The highest BCUT2D eigenvalue weighted by Crippen LogP contribution is 2.40. The summed E-state index contributed by atoms with van der Waals surface area (Å²) in [6.45, 7) is 3.43. The van der Waals surface area contributed by atoms with E-state index in [0.717, 1.165) is 53.1 Å². The molecule has 0 saturated carbocycles. The van der Waals surface area contributed by atoms with Gasteiger partial charge in [-0.25, -0.2) is 4.98 Å². The molecule has 4 aromatic rings. The van der Waals surface area contributed by atoms with Crippen LogP contribution in [-0.4, -0.2) is 57.9 Å². The Morgan fingerprint density at radius 3 is 2.55 bits per heavy atom. The Kier molecular flexibility index (Phi) is 5.43. The van der Waals surface area contributed by atoms with Gasteiger partial charge in [-0.1, -0.05) is 41.1 Å². The molecule has 1 atom stereocenters. The molecule has 0 radical (unpaired) electrons. The third-order valence-electron chi connectivity index (χ3n) is 5.67. The first-order valence-corrected chi connectivity index (χ1v) is 11.2. The van der Waals surface area contributed by atoms with Crippen LogP contribution in [0.25, 0.3) is 4.96 Å². The minimum atomic E-state index is -0.0964. The number of ether oxygens (including phenoxy) is 1. The minimum Gasteiger partial charge on any atom is -0.497 e. The van der Waals surface area contributed by atoms with Crippen LogP contribution >= 0.6 is 22.9 Å². The second-order valence-corrected chi connectivity index (χ2v) is 8.87. The van der Waals surface area contributed by atoms with Crippen molar-refractivity contribution in [3.63, 3.8) is 0 Å². The number of fused-ring (bicyclic) bond motifs is 1. The highest BCUT2D eigenvalue weighted by atomic mass is 35.5. The maximum atomic E-state index is 10.9. The van der Waals surface area contributed by atoms with Crippen molar-refractivity contribution in [2.45, 2.75) is 6.04 Å². The number of nitrogens with zero attached hydrogens (tertiary/aromatic N) is 5. The van der Waals surface area contributed by atoms with E-state index in [0.29, 0.717) is 4.96 Å². The van der Waals surface area contributed by atoms with E-state index < -0.39 is 0 Å². The van der Waals surface area contributed by atoms with Crippen molar-refractivity contribution in [1.82, 2.24) is 19.5 Å². The first-order valence-electron chi connectivity index (χ1n) is 10.0. The molecular formula is C22H22ClN5O2S. The van der Waals surface area contributed by atoms with Gasteiger partial charge in [-0.3, -0.25) is 4.90 Å². The average Bonchev–Trinajstić information content (AvgIpc) is 3.38. The predicted molar refractivity (Wildman–Crippen MR) is 123 cm³/mol. The third-order valence-corrected chi connectivity index (χ3v) is 6.99. The Bertz CT molecular complexity index is 1180. The van der Waals surface area contributed by atoms with E-state index >= 15 is 0 Å². The number of aromatic hydroxyl groups is 1. The van der Waals surface area contributed by atoms with Gasteiger partial charge in [-0.05, 0) is 35.9 Å². The first kappa shape index (κ1) is 20.1. The fraction of sp³-hybridized carbons (Fsp3) is 0.273. The predicted octanol–water partition coefficient (Wildman–Crippen LogP) is 4.07. The van der Waals surface area contributed by atoms with E-state index in [9.17, 15) is 5.11 Å². The van der Waals surface area contributed by atoms with Crippen LogP contribution in [0.3, 0.4) is 0 Å². The zero-order chi connectivity index (χ0) is 21.4. The molecule has 0 bridgehead atoms. The zero-order valence-corrected chi connectivity index (χ0v) is 18.6. The second kappa shape index (κ2) is 8.37. The van der Waals surface area contributed by atoms with E-state index in [-0.39, 0.29) is 11.9 Å². The topological polar surface area (TPSA) is 66.1 Å². The highest BCUT2D eigenvalue weighted by molar-refractivity contribution is 7.17. The average molecular weight is 456 g/mol.